The Kier molecular flexibility index (Phi) is 3.17. The fraction of sp³-hybridized carbons (Fsp3) is 0.571. The van der Waals surface area contributed by atoms with Crippen LogP contribution < -0.4 is 5.32 Å². The number of nitrogens with one attached hydrogen (secondary N) is 1. The normalized spacial score (nSPS) is 27.5. The molecule has 2 nitrogen and oxygen atoms in total. The second kappa shape index (κ2) is 4.71. The Balaban J connectivity index is 1.80. The summed E-state index contributed by atoms with van der Waals surface area (Å²) in [5, 5.41) is 3.13. The third-order valence-corrected chi connectivity index (χ3v) is 4.18. The van der Waals surface area contributed by atoms with E-state index in [2.05, 4.69) is 10.2 Å². The Bertz CT molecular complexity index is 458. The number of hydrogen-bond acceptors (Lipinski definition) is 2. The number of fused-ring (bicyclic) bond motifs is 1. The van der Waals surface area contributed by atoms with E-state index in [0.29, 0.717) is 6.04 Å². The minimum atomic E-state index is -4.29. The van der Waals surface area contributed by atoms with E-state index in [0.717, 1.165) is 38.4 Å². The summed E-state index contributed by atoms with van der Waals surface area (Å²) in [6, 6.07) is 6.31. The highest BCUT2D eigenvalue weighted by Gasteiger charge is 2.39. The molecule has 2 fully saturated rings. The molecule has 0 bridgehead atoms. The van der Waals surface area contributed by atoms with Crippen LogP contribution >= 0.6 is 0 Å². The van der Waals surface area contributed by atoms with Crippen molar-refractivity contribution in [2.75, 3.05) is 18.4 Å². The molecule has 5 heteroatoms. The second-order valence-corrected chi connectivity index (χ2v) is 5.33. The van der Waals surface area contributed by atoms with Gasteiger partial charge in [0.2, 0.25) is 0 Å². The van der Waals surface area contributed by atoms with Gasteiger partial charge in [-0.3, -0.25) is 4.90 Å². The predicted octanol–water partition coefficient (Wildman–Crippen LogP) is 3.35. The fourth-order valence-corrected chi connectivity index (χ4v) is 3.31. The van der Waals surface area contributed by atoms with Crippen LogP contribution in [0.15, 0.2) is 24.3 Å². The van der Waals surface area contributed by atoms with Gasteiger partial charge in [0.25, 0.3) is 0 Å². The Hall–Kier alpha value is -1.23. The van der Waals surface area contributed by atoms with Crippen LogP contribution in [0.5, 0.6) is 0 Å². The Morgan fingerprint density at radius 2 is 1.89 bits per heavy atom. The Morgan fingerprint density at radius 1 is 1.11 bits per heavy atom. The van der Waals surface area contributed by atoms with Gasteiger partial charge in [-0.1, -0.05) is 12.1 Å². The number of para-hydroxylation sites is 1. The molecule has 2 unspecified atom stereocenters. The summed E-state index contributed by atoms with van der Waals surface area (Å²) >= 11 is 0. The van der Waals surface area contributed by atoms with E-state index < -0.39 is 11.7 Å². The number of anilines is 1. The monoisotopic (exact) mass is 270 g/mol. The van der Waals surface area contributed by atoms with Crippen LogP contribution in [0.2, 0.25) is 0 Å². The maximum Gasteiger partial charge on any atom is 0.418 e. The van der Waals surface area contributed by atoms with E-state index in [9.17, 15) is 13.2 Å². The number of halogens is 3. The van der Waals surface area contributed by atoms with Crippen molar-refractivity contribution in [2.24, 2.45) is 0 Å². The number of alkyl halides is 3. The van der Waals surface area contributed by atoms with Gasteiger partial charge in [0.1, 0.15) is 0 Å². The molecule has 0 aliphatic carbocycles. The van der Waals surface area contributed by atoms with Gasteiger partial charge in [-0.2, -0.15) is 13.2 Å². The van der Waals surface area contributed by atoms with E-state index in [1.54, 1.807) is 6.07 Å². The van der Waals surface area contributed by atoms with Crippen molar-refractivity contribution >= 4 is 5.69 Å². The number of rotatable bonds is 2. The number of hydrogen-bond donors (Lipinski definition) is 1. The average Bonchev–Trinajstić information content (AvgIpc) is 2.93. The highest BCUT2D eigenvalue weighted by Crippen LogP contribution is 2.37. The third-order valence-electron chi connectivity index (χ3n) is 4.18. The molecule has 2 heterocycles. The van der Waals surface area contributed by atoms with E-state index in [1.165, 1.54) is 12.1 Å². The number of nitrogens with zero attached hydrogens (tertiary/aromatic N) is 1. The molecule has 0 amide bonds. The minimum Gasteiger partial charge on any atom is -0.380 e. The van der Waals surface area contributed by atoms with Crippen molar-refractivity contribution < 1.29 is 13.2 Å². The minimum absolute atomic E-state index is 0.144. The molecule has 0 saturated carbocycles. The van der Waals surface area contributed by atoms with Crippen LogP contribution in [0.1, 0.15) is 24.8 Å². The van der Waals surface area contributed by atoms with Crippen LogP contribution in [-0.4, -0.2) is 30.1 Å². The molecule has 2 atom stereocenters. The molecule has 2 saturated heterocycles. The van der Waals surface area contributed by atoms with Crippen molar-refractivity contribution in [2.45, 2.75) is 37.5 Å². The zero-order chi connectivity index (χ0) is 13.5. The zero-order valence-corrected chi connectivity index (χ0v) is 10.6. The summed E-state index contributed by atoms with van der Waals surface area (Å²) in [4.78, 5) is 2.38. The van der Waals surface area contributed by atoms with Gasteiger partial charge in [-0.15, -0.1) is 0 Å². The molecule has 104 valence electrons. The molecule has 0 spiro atoms. The standard InChI is InChI=1S/C14H17F3N2/c15-14(16,17)10-4-1-2-5-11(10)18-12-7-9-19-8-3-6-13(12)19/h1-2,4-5,12-13,18H,3,6-9H2. The topological polar surface area (TPSA) is 15.3 Å². The van der Waals surface area contributed by atoms with Crippen LogP contribution in [-0.2, 0) is 6.18 Å². The summed E-state index contributed by atoms with van der Waals surface area (Å²) in [6.45, 7) is 2.08. The van der Waals surface area contributed by atoms with Crippen LogP contribution in [0.3, 0.4) is 0 Å². The van der Waals surface area contributed by atoms with Gasteiger partial charge < -0.3 is 5.32 Å². The molecular weight excluding hydrogens is 253 g/mol. The quantitative estimate of drug-likeness (QED) is 0.886. The van der Waals surface area contributed by atoms with Crippen molar-refractivity contribution in [1.82, 2.24) is 4.90 Å². The predicted molar refractivity (Wildman–Crippen MR) is 68.1 cm³/mol. The summed E-state index contributed by atoms with van der Waals surface area (Å²) in [7, 11) is 0. The molecule has 3 rings (SSSR count). The molecule has 0 aromatic heterocycles. The Labute approximate surface area is 110 Å². The molecule has 1 aromatic rings. The summed E-state index contributed by atoms with van der Waals surface area (Å²) in [6.07, 6.45) is -1.12. The first kappa shape index (κ1) is 12.8. The smallest absolute Gasteiger partial charge is 0.380 e. The van der Waals surface area contributed by atoms with Gasteiger partial charge in [-0.25, -0.2) is 0 Å². The lowest BCUT2D eigenvalue weighted by Gasteiger charge is -2.24. The van der Waals surface area contributed by atoms with E-state index in [-0.39, 0.29) is 11.7 Å². The SMILES string of the molecule is FC(F)(F)c1ccccc1NC1CCN2CCCC12. The average molecular weight is 270 g/mol. The zero-order valence-electron chi connectivity index (χ0n) is 10.6. The lowest BCUT2D eigenvalue weighted by atomic mass is 10.0. The van der Waals surface area contributed by atoms with Crippen molar-refractivity contribution in [3.05, 3.63) is 29.8 Å². The first-order chi connectivity index (χ1) is 9.05. The third kappa shape index (κ3) is 2.43. The molecule has 2 aliphatic rings. The number of benzene rings is 1. The molecule has 19 heavy (non-hydrogen) atoms. The molecular formula is C14H17F3N2. The Morgan fingerprint density at radius 3 is 2.68 bits per heavy atom. The molecule has 1 aromatic carbocycles. The van der Waals surface area contributed by atoms with E-state index in [4.69, 9.17) is 0 Å². The van der Waals surface area contributed by atoms with Crippen molar-refractivity contribution in [3.8, 4) is 0 Å². The van der Waals surface area contributed by atoms with Gasteiger partial charge >= 0.3 is 6.18 Å². The van der Waals surface area contributed by atoms with Crippen LogP contribution in [0, 0.1) is 0 Å². The highest BCUT2D eigenvalue weighted by atomic mass is 19.4. The van der Waals surface area contributed by atoms with Gasteiger partial charge in [-0.05, 0) is 37.9 Å². The fourth-order valence-electron chi connectivity index (χ4n) is 3.31. The summed E-state index contributed by atoms with van der Waals surface area (Å²) in [5.74, 6) is 0. The lowest BCUT2D eigenvalue weighted by Crippen LogP contribution is -2.34. The second-order valence-electron chi connectivity index (χ2n) is 5.33. The van der Waals surface area contributed by atoms with Crippen molar-refractivity contribution in [1.29, 1.82) is 0 Å². The molecule has 2 aliphatic heterocycles. The highest BCUT2D eigenvalue weighted by molar-refractivity contribution is 5.53. The van der Waals surface area contributed by atoms with Gasteiger partial charge in [0.15, 0.2) is 0 Å². The molecule has 0 radical (unpaired) electrons. The van der Waals surface area contributed by atoms with Crippen molar-refractivity contribution in [3.63, 3.8) is 0 Å². The molecule has 1 N–H and O–H groups in total. The summed E-state index contributed by atoms with van der Waals surface area (Å²) < 4.78 is 38.8. The largest absolute Gasteiger partial charge is 0.418 e. The van der Waals surface area contributed by atoms with Gasteiger partial charge in [0, 0.05) is 24.3 Å². The van der Waals surface area contributed by atoms with Gasteiger partial charge in [0.05, 0.1) is 5.56 Å². The van der Waals surface area contributed by atoms with E-state index in [1.807, 2.05) is 0 Å². The maximum atomic E-state index is 12.9. The van der Waals surface area contributed by atoms with Crippen LogP contribution in [0.25, 0.3) is 0 Å². The van der Waals surface area contributed by atoms with Crippen LogP contribution in [0.4, 0.5) is 18.9 Å². The first-order valence-electron chi connectivity index (χ1n) is 6.72. The lowest BCUT2D eigenvalue weighted by molar-refractivity contribution is -0.137. The first-order valence-corrected chi connectivity index (χ1v) is 6.72. The van der Waals surface area contributed by atoms with E-state index >= 15 is 0 Å². The summed E-state index contributed by atoms with van der Waals surface area (Å²) in [5.41, 5.74) is -0.347. The maximum absolute atomic E-state index is 12.9.